The van der Waals surface area contributed by atoms with Crippen molar-refractivity contribution in [3.8, 4) is 0 Å². The van der Waals surface area contributed by atoms with Crippen LogP contribution in [0.2, 0.25) is 0 Å². The highest BCUT2D eigenvalue weighted by atomic mass is 16.4. The van der Waals surface area contributed by atoms with Gasteiger partial charge in [-0.3, -0.25) is 4.90 Å². The van der Waals surface area contributed by atoms with Gasteiger partial charge in [0.15, 0.2) is 0 Å². The van der Waals surface area contributed by atoms with Gasteiger partial charge in [0, 0.05) is 52.1 Å². The maximum Gasteiger partial charge on any atom is 0.407 e. The summed E-state index contributed by atoms with van der Waals surface area (Å²) in [4.78, 5) is 17.6. The van der Waals surface area contributed by atoms with Crippen molar-refractivity contribution >= 4 is 11.8 Å². The third-order valence-electron chi connectivity index (χ3n) is 5.55. The third-order valence-corrected chi connectivity index (χ3v) is 5.55. The lowest BCUT2D eigenvalue weighted by atomic mass is 9.86. The maximum absolute atomic E-state index is 11.4. The minimum atomic E-state index is -0.860. The second kappa shape index (κ2) is 8.06. The normalized spacial score (nSPS) is 21.0. The fourth-order valence-corrected chi connectivity index (χ4v) is 4.02. The summed E-state index contributed by atoms with van der Waals surface area (Å²) >= 11 is 0. The molecule has 6 nitrogen and oxygen atoms in total. The highest BCUT2D eigenvalue weighted by molar-refractivity contribution is 5.66. The molecule has 1 atom stereocenters. The van der Waals surface area contributed by atoms with E-state index in [9.17, 15) is 9.90 Å². The molecule has 1 amide bonds. The molecule has 0 bridgehead atoms. The monoisotopic (exact) mass is 347 g/mol. The van der Waals surface area contributed by atoms with E-state index in [1.165, 1.54) is 21.7 Å². The molecule has 2 aliphatic rings. The number of fused-ring (bicyclic) bond motifs is 1. The van der Waals surface area contributed by atoms with Gasteiger partial charge in [0.25, 0.3) is 0 Å². The first kappa shape index (κ1) is 18.0. The maximum atomic E-state index is 11.4. The molecule has 1 aromatic rings. The molecular formula is C19H29N3O3. The standard InChI is InChI=1S/C19H29N3O3/c1-20(19(24)25)18-5-2-4-15-6-7-16(14-17(15)18)22-11-9-21(10-12-22)8-3-13-23/h6-7,14,18,23H,2-5,8-13H2,1H3,(H,24,25). The van der Waals surface area contributed by atoms with Crippen molar-refractivity contribution in [3.05, 3.63) is 29.3 Å². The summed E-state index contributed by atoms with van der Waals surface area (Å²) < 4.78 is 0. The Morgan fingerprint density at radius 1 is 1.28 bits per heavy atom. The zero-order valence-corrected chi connectivity index (χ0v) is 15.0. The van der Waals surface area contributed by atoms with Crippen LogP contribution in [0.5, 0.6) is 0 Å². The van der Waals surface area contributed by atoms with E-state index in [2.05, 4.69) is 28.0 Å². The highest BCUT2D eigenvalue weighted by Crippen LogP contribution is 2.36. The fraction of sp³-hybridized carbons (Fsp3) is 0.632. The summed E-state index contributed by atoms with van der Waals surface area (Å²) in [6.45, 7) is 5.18. The molecule has 0 aromatic heterocycles. The van der Waals surface area contributed by atoms with Gasteiger partial charge in [0.05, 0.1) is 6.04 Å². The smallest absolute Gasteiger partial charge is 0.407 e. The number of carbonyl (C=O) groups is 1. The molecule has 0 spiro atoms. The van der Waals surface area contributed by atoms with Crippen LogP contribution in [0.4, 0.5) is 10.5 Å². The SMILES string of the molecule is CN(C(=O)O)C1CCCc2ccc(N3CCN(CCCO)CC3)cc21. The average Bonchev–Trinajstić information content (AvgIpc) is 2.65. The Hall–Kier alpha value is -1.79. The van der Waals surface area contributed by atoms with E-state index in [-0.39, 0.29) is 12.6 Å². The number of rotatable bonds is 5. The number of piperazine rings is 1. The van der Waals surface area contributed by atoms with Crippen LogP contribution in [-0.2, 0) is 6.42 Å². The average molecular weight is 347 g/mol. The lowest BCUT2D eigenvalue weighted by Gasteiger charge is -2.37. The molecule has 0 radical (unpaired) electrons. The molecule has 1 aliphatic carbocycles. The summed E-state index contributed by atoms with van der Waals surface area (Å²) in [6, 6.07) is 6.55. The fourth-order valence-electron chi connectivity index (χ4n) is 4.02. The van der Waals surface area contributed by atoms with Gasteiger partial charge < -0.3 is 20.0 Å². The van der Waals surface area contributed by atoms with Crippen LogP contribution in [0.15, 0.2) is 18.2 Å². The summed E-state index contributed by atoms with van der Waals surface area (Å²) in [5.74, 6) is 0. The number of anilines is 1. The van der Waals surface area contributed by atoms with Crippen LogP contribution in [0.3, 0.4) is 0 Å². The van der Waals surface area contributed by atoms with Crippen molar-refractivity contribution in [1.29, 1.82) is 0 Å². The summed E-state index contributed by atoms with van der Waals surface area (Å²) in [6.07, 6.45) is 2.95. The number of amides is 1. The van der Waals surface area contributed by atoms with E-state index in [0.717, 1.165) is 58.4 Å². The van der Waals surface area contributed by atoms with Crippen molar-refractivity contribution in [2.75, 3.05) is 51.3 Å². The molecule has 1 saturated heterocycles. The molecule has 1 aliphatic heterocycles. The largest absolute Gasteiger partial charge is 0.465 e. The zero-order valence-electron chi connectivity index (χ0n) is 15.0. The molecule has 1 heterocycles. The van der Waals surface area contributed by atoms with Gasteiger partial charge >= 0.3 is 6.09 Å². The Bertz CT molecular complexity index is 600. The summed E-state index contributed by atoms with van der Waals surface area (Å²) in [5.41, 5.74) is 3.66. The molecule has 6 heteroatoms. The minimum absolute atomic E-state index is 0.0351. The predicted molar refractivity (Wildman–Crippen MR) is 98.3 cm³/mol. The van der Waals surface area contributed by atoms with Gasteiger partial charge in [0.1, 0.15) is 0 Å². The molecule has 3 rings (SSSR count). The molecule has 0 saturated carbocycles. The molecule has 25 heavy (non-hydrogen) atoms. The number of aliphatic hydroxyl groups excluding tert-OH is 1. The van der Waals surface area contributed by atoms with Crippen LogP contribution in [0.1, 0.15) is 36.4 Å². The first-order valence-electron chi connectivity index (χ1n) is 9.27. The Morgan fingerprint density at radius 3 is 2.72 bits per heavy atom. The first-order valence-corrected chi connectivity index (χ1v) is 9.27. The number of aliphatic hydroxyl groups is 1. The van der Waals surface area contributed by atoms with E-state index in [0.29, 0.717) is 0 Å². The number of hydrogen-bond donors (Lipinski definition) is 2. The van der Waals surface area contributed by atoms with Crippen molar-refractivity contribution in [1.82, 2.24) is 9.80 Å². The zero-order chi connectivity index (χ0) is 17.8. The predicted octanol–water partition coefficient (Wildman–Crippen LogP) is 2.18. The van der Waals surface area contributed by atoms with Gasteiger partial charge in [-0.15, -0.1) is 0 Å². The number of aryl methyl sites for hydroxylation is 1. The number of hydrogen-bond acceptors (Lipinski definition) is 4. The number of benzene rings is 1. The number of carboxylic acid groups (broad SMARTS) is 1. The van der Waals surface area contributed by atoms with Crippen molar-refractivity contribution in [2.45, 2.75) is 31.7 Å². The van der Waals surface area contributed by atoms with E-state index in [4.69, 9.17) is 5.11 Å². The third kappa shape index (κ3) is 4.07. The van der Waals surface area contributed by atoms with Gasteiger partial charge in [-0.2, -0.15) is 0 Å². The van der Waals surface area contributed by atoms with Crippen molar-refractivity contribution in [3.63, 3.8) is 0 Å². The van der Waals surface area contributed by atoms with E-state index in [1.54, 1.807) is 7.05 Å². The van der Waals surface area contributed by atoms with E-state index >= 15 is 0 Å². The highest BCUT2D eigenvalue weighted by Gasteiger charge is 2.27. The summed E-state index contributed by atoms with van der Waals surface area (Å²) in [5, 5.41) is 18.3. The Kier molecular flexibility index (Phi) is 5.81. The lowest BCUT2D eigenvalue weighted by molar-refractivity contribution is 0.133. The van der Waals surface area contributed by atoms with Crippen LogP contribution in [0, 0.1) is 0 Å². The summed E-state index contributed by atoms with van der Waals surface area (Å²) in [7, 11) is 1.68. The van der Waals surface area contributed by atoms with Crippen LogP contribution in [0.25, 0.3) is 0 Å². The Morgan fingerprint density at radius 2 is 2.04 bits per heavy atom. The molecule has 2 N–H and O–H groups in total. The van der Waals surface area contributed by atoms with Crippen LogP contribution < -0.4 is 4.90 Å². The van der Waals surface area contributed by atoms with E-state index < -0.39 is 6.09 Å². The van der Waals surface area contributed by atoms with Gasteiger partial charge in [-0.1, -0.05) is 6.07 Å². The molecule has 1 fully saturated rings. The Balaban J connectivity index is 1.72. The molecule has 1 unspecified atom stereocenters. The first-order chi connectivity index (χ1) is 12.1. The minimum Gasteiger partial charge on any atom is -0.465 e. The van der Waals surface area contributed by atoms with Gasteiger partial charge in [0.2, 0.25) is 0 Å². The van der Waals surface area contributed by atoms with Crippen molar-refractivity contribution < 1.29 is 15.0 Å². The second-order valence-electron chi connectivity index (χ2n) is 7.09. The van der Waals surface area contributed by atoms with Crippen molar-refractivity contribution in [2.24, 2.45) is 0 Å². The second-order valence-corrected chi connectivity index (χ2v) is 7.09. The molecule has 1 aromatic carbocycles. The quantitative estimate of drug-likeness (QED) is 0.855. The topological polar surface area (TPSA) is 67.3 Å². The van der Waals surface area contributed by atoms with Gasteiger partial charge in [-0.25, -0.2) is 4.79 Å². The van der Waals surface area contributed by atoms with Gasteiger partial charge in [-0.05, 0) is 48.9 Å². The van der Waals surface area contributed by atoms with Crippen LogP contribution in [-0.4, -0.2) is 72.5 Å². The lowest BCUT2D eigenvalue weighted by Crippen LogP contribution is -2.46. The van der Waals surface area contributed by atoms with Crippen LogP contribution >= 0.6 is 0 Å². The Labute approximate surface area is 149 Å². The molecular weight excluding hydrogens is 318 g/mol. The molecule has 138 valence electrons. The number of nitrogens with zero attached hydrogens (tertiary/aromatic N) is 3. The van der Waals surface area contributed by atoms with E-state index in [1.807, 2.05) is 0 Å².